The van der Waals surface area contributed by atoms with E-state index in [0.29, 0.717) is 12.3 Å². The highest BCUT2D eigenvalue weighted by Gasteiger charge is 2.19. The third-order valence-corrected chi connectivity index (χ3v) is 3.86. The first-order valence-corrected chi connectivity index (χ1v) is 7.09. The van der Waals surface area contributed by atoms with Gasteiger partial charge < -0.3 is 9.64 Å². The van der Waals surface area contributed by atoms with Crippen molar-refractivity contribution >= 4 is 5.78 Å². The van der Waals surface area contributed by atoms with Crippen molar-refractivity contribution in [3.05, 3.63) is 35.9 Å². The van der Waals surface area contributed by atoms with E-state index in [2.05, 4.69) is 4.90 Å². The van der Waals surface area contributed by atoms with Gasteiger partial charge in [0.25, 0.3) is 0 Å². The third kappa shape index (κ3) is 4.44. The van der Waals surface area contributed by atoms with Crippen LogP contribution in [-0.4, -0.2) is 44.0 Å². The molecule has 1 aromatic rings. The van der Waals surface area contributed by atoms with Crippen LogP contribution in [0.5, 0.6) is 0 Å². The van der Waals surface area contributed by atoms with Gasteiger partial charge in [0.2, 0.25) is 0 Å². The molecule has 0 atom stereocenters. The molecule has 0 saturated carbocycles. The molecule has 0 N–H and O–H groups in total. The number of nitrogens with zero attached hydrogens (tertiary/aromatic N) is 1. The molecule has 0 unspecified atom stereocenters. The van der Waals surface area contributed by atoms with Gasteiger partial charge in [0.15, 0.2) is 5.78 Å². The highest BCUT2D eigenvalue weighted by Crippen LogP contribution is 2.17. The maximum absolute atomic E-state index is 12.0. The van der Waals surface area contributed by atoms with Crippen molar-refractivity contribution in [2.75, 3.05) is 33.4 Å². The van der Waals surface area contributed by atoms with E-state index in [1.165, 1.54) is 12.8 Å². The molecule has 3 heteroatoms. The monoisotopic (exact) mass is 261 g/mol. The molecule has 1 aromatic carbocycles. The lowest BCUT2D eigenvalue weighted by Gasteiger charge is -2.31. The fraction of sp³-hybridized carbons (Fsp3) is 0.562. The summed E-state index contributed by atoms with van der Waals surface area (Å²) in [6.45, 7) is 3.94. The summed E-state index contributed by atoms with van der Waals surface area (Å²) in [5.41, 5.74) is 0.830. The Labute approximate surface area is 115 Å². The molecule has 0 bridgehead atoms. The van der Waals surface area contributed by atoms with E-state index in [1.807, 2.05) is 30.3 Å². The number of likely N-dealkylation sites (tertiary alicyclic amines) is 1. The van der Waals surface area contributed by atoms with Gasteiger partial charge in [-0.1, -0.05) is 30.3 Å². The van der Waals surface area contributed by atoms with Crippen LogP contribution in [0, 0.1) is 5.92 Å². The van der Waals surface area contributed by atoms with E-state index >= 15 is 0 Å². The Hall–Kier alpha value is -1.19. The maximum Gasteiger partial charge on any atom is 0.164 e. The normalized spacial score (nSPS) is 17.5. The van der Waals surface area contributed by atoms with Crippen LogP contribution in [-0.2, 0) is 4.74 Å². The zero-order valence-corrected chi connectivity index (χ0v) is 11.7. The van der Waals surface area contributed by atoms with Crippen LogP contribution >= 0.6 is 0 Å². The van der Waals surface area contributed by atoms with Crippen molar-refractivity contribution in [2.24, 2.45) is 5.92 Å². The molecule has 19 heavy (non-hydrogen) atoms. The molecule has 3 nitrogen and oxygen atoms in total. The van der Waals surface area contributed by atoms with Crippen LogP contribution in [0.4, 0.5) is 0 Å². The highest BCUT2D eigenvalue weighted by atomic mass is 16.5. The van der Waals surface area contributed by atoms with Crippen molar-refractivity contribution in [2.45, 2.75) is 19.3 Å². The lowest BCUT2D eigenvalue weighted by molar-refractivity contribution is 0.0883. The van der Waals surface area contributed by atoms with E-state index in [0.717, 1.165) is 31.8 Å². The fourth-order valence-corrected chi connectivity index (χ4v) is 2.64. The minimum absolute atomic E-state index is 0.250. The van der Waals surface area contributed by atoms with Crippen molar-refractivity contribution < 1.29 is 9.53 Å². The molecular formula is C16H23NO2. The molecule has 0 radical (unpaired) electrons. The minimum Gasteiger partial charge on any atom is -0.384 e. The first kappa shape index (κ1) is 14.2. The topological polar surface area (TPSA) is 29.5 Å². The highest BCUT2D eigenvalue weighted by molar-refractivity contribution is 5.96. The molecule has 1 heterocycles. The fourth-order valence-electron chi connectivity index (χ4n) is 2.64. The number of benzene rings is 1. The second-order valence-electron chi connectivity index (χ2n) is 5.28. The Balaban J connectivity index is 1.71. The molecule has 104 valence electrons. The van der Waals surface area contributed by atoms with Gasteiger partial charge in [-0.15, -0.1) is 0 Å². The summed E-state index contributed by atoms with van der Waals surface area (Å²) in [5, 5.41) is 0. The summed E-state index contributed by atoms with van der Waals surface area (Å²) in [6.07, 6.45) is 3.00. The number of hydrogen-bond donors (Lipinski definition) is 0. The molecule has 2 rings (SSSR count). The molecule has 1 aliphatic heterocycles. The molecule has 1 saturated heterocycles. The molecular weight excluding hydrogens is 238 g/mol. The molecule has 0 aliphatic carbocycles. The number of Topliss-reactive ketones (excluding diaryl/α,β-unsaturated/α-hetero) is 1. The van der Waals surface area contributed by atoms with Crippen molar-refractivity contribution in [3.63, 3.8) is 0 Å². The number of piperidine rings is 1. The van der Waals surface area contributed by atoms with Gasteiger partial charge in [0.1, 0.15) is 0 Å². The summed E-state index contributed by atoms with van der Waals surface area (Å²) in [7, 11) is 1.77. The molecule has 1 aliphatic rings. The number of ether oxygens (including phenoxy) is 1. The Morgan fingerprint density at radius 1 is 1.26 bits per heavy atom. The van der Waals surface area contributed by atoms with E-state index in [9.17, 15) is 4.79 Å². The zero-order chi connectivity index (χ0) is 13.5. The third-order valence-electron chi connectivity index (χ3n) is 3.86. The van der Waals surface area contributed by atoms with Crippen LogP contribution in [0.3, 0.4) is 0 Å². The van der Waals surface area contributed by atoms with Crippen LogP contribution in [0.15, 0.2) is 30.3 Å². The van der Waals surface area contributed by atoms with E-state index < -0.39 is 0 Å². The van der Waals surface area contributed by atoms with E-state index in [1.54, 1.807) is 7.11 Å². The Kier molecular flexibility index (Phi) is 5.55. The summed E-state index contributed by atoms with van der Waals surface area (Å²) in [4.78, 5) is 14.4. The zero-order valence-electron chi connectivity index (χ0n) is 11.7. The van der Waals surface area contributed by atoms with Crippen LogP contribution in [0.1, 0.15) is 29.6 Å². The Morgan fingerprint density at radius 3 is 2.58 bits per heavy atom. The average Bonchev–Trinajstić information content (AvgIpc) is 2.47. The number of carbonyl (C=O) groups is 1. The quantitative estimate of drug-likeness (QED) is 0.737. The maximum atomic E-state index is 12.0. The summed E-state index contributed by atoms with van der Waals surface area (Å²) < 4.78 is 5.20. The van der Waals surface area contributed by atoms with E-state index in [-0.39, 0.29) is 5.78 Å². The van der Waals surface area contributed by atoms with E-state index in [4.69, 9.17) is 4.74 Å². The minimum atomic E-state index is 0.250. The predicted molar refractivity (Wildman–Crippen MR) is 76.4 cm³/mol. The van der Waals surface area contributed by atoms with Gasteiger partial charge in [-0.2, -0.15) is 0 Å². The number of rotatable bonds is 6. The Morgan fingerprint density at radius 2 is 1.95 bits per heavy atom. The number of hydrogen-bond acceptors (Lipinski definition) is 3. The second kappa shape index (κ2) is 7.41. The van der Waals surface area contributed by atoms with Gasteiger partial charge >= 0.3 is 0 Å². The lowest BCUT2D eigenvalue weighted by Crippen LogP contribution is -2.36. The van der Waals surface area contributed by atoms with Crippen molar-refractivity contribution in [1.29, 1.82) is 0 Å². The predicted octanol–water partition coefficient (Wildman–Crippen LogP) is 2.62. The smallest absolute Gasteiger partial charge is 0.164 e. The van der Waals surface area contributed by atoms with Gasteiger partial charge in [0, 0.05) is 32.2 Å². The van der Waals surface area contributed by atoms with Crippen LogP contribution in [0.2, 0.25) is 0 Å². The molecule has 0 spiro atoms. The summed E-state index contributed by atoms with van der Waals surface area (Å²) in [6, 6.07) is 9.57. The van der Waals surface area contributed by atoms with Gasteiger partial charge in [0.05, 0.1) is 0 Å². The molecule has 1 fully saturated rings. The lowest BCUT2D eigenvalue weighted by atomic mass is 9.97. The van der Waals surface area contributed by atoms with Crippen LogP contribution in [0.25, 0.3) is 0 Å². The van der Waals surface area contributed by atoms with Crippen molar-refractivity contribution in [3.8, 4) is 0 Å². The number of methoxy groups -OCH3 is 1. The molecule has 0 aromatic heterocycles. The average molecular weight is 261 g/mol. The summed E-state index contributed by atoms with van der Waals surface area (Å²) in [5.74, 6) is 0.950. The standard InChI is InChI=1S/C16H23NO2/c1-19-13-14-7-10-17(11-8-14)12-9-16(18)15-5-3-2-4-6-15/h2-6,14H,7-13H2,1H3. The van der Waals surface area contributed by atoms with Gasteiger partial charge in [-0.25, -0.2) is 0 Å². The molecule has 0 amide bonds. The number of ketones is 1. The first-order chi connectivity index (χ1) is 9.29. The Bertz CT molecular complexity index is 383. The first-order valence-electron chi connectivity index (χ1n) is 7.09. The second-order valence-corrected chi connectivity index (χ2v) is 5.28. The summed E-state index contributed by atoms with van der Waals surface area (Å²) >= 11 is 0. The SMILES string of the molecule is COCC1CCN(CCC(=O)c2ccccc2)CC1. The number of carbonyl (C=O) groups excluding carboxylic acids is 1. The van der Waals surface area contributed by atoms with Crippen LogP contribution < -0.4 is 0 Å². The van der Waals surface area contributed by atoms with Gasteiger partial charge in [-0.05, 0) is 31.8 Å². The van der Waals surface area contributed by atoms with Crippen molar-refractivity contribution in [1.82, 2.24) is 4.90 Å². The van der Waals surface area contributed by atoms with Gasteiger partial charge in [-0.3, -0.25) is 4.79 Å². The largest absolute Gasteiger partial charge is 0.384 e.